The quantitative estimate of drug-likeness (QED) is 0.251. The van der Waals surface area contributed by atoms with Gasteiger partial charge in [0.1, 0.15) is 17.7 Å². The highest BCUT2D eigenvalue weighted by Crippen LogP contribution is 2.48. The van der Waals surface area contributed by atoms with Crippen molar-refractivity contribution in [2.24, 2.45) is 23.7 Å². The number of halogens is 1. The van der Waals surface area contributed by atoms with E-state index in [0.29, 0.717) is 40.7 Å². The monoisotopic (exact) mass is 657 g/mol. The molecule has 0 bridgehead atoms. The number of nitrogens with zero attached hydrogens (tertiary/aromatic N) is 1. The molecule has 0 amide bonds. The van der Waals surface area contributed by atoms with Crippen LogP contribution in [0, 0.1) is 29.5 Å². The molecule has 1 aliphatic heterocycles. The smallest absolute Gasteiger partial charge is 0.338 e. The van der Waals surface area contributed by atoms with Crippen LogP contribution in [0.4, 0.5) is 10.1 Å². The molecule has 2 heterocycles. The molecule has 2 aromatic carbocycles. The average Bonchev–Trinajstić information content (AvgIpc) is 3.60. The van der Waals surface area contributed by atoms with Gasteiger partial charge in [-0.15, -0.1) is 0 Å². The summed E-state index contributed by atoms with van der Waals surface area (Å²) in [4.78, 5) is 27.6. The standard InChI is InChI=1S/C39H44FNO5S/c1-23-9-7-8-12-35(23)41-21-33(26-10-5-4-6-11-26)24(2)17-31(38(42)43)30-19-29(27-13-14-34(40)32(18-27)39(44)45)37(20-36(30)41)46-25(3)28-15-16-47-22-28/h7-9,12-16,18-20,22-26,31,33,35H,4-6,10-11,17,21H2,1-3H3,(H,42,43)(H,44,45). The average molecular weight is 658 g/mol. The van der Waals surface area contributed by atoms with Gasteiger partial charge in [-0.05, 0) is 83.2 Å². The summed E-state index contributed by atoms with van der Waals surface area (Å²) < 4.78 is 21.3. The molecule has 0 saturated heterocycles. The number of carboxylic acid groups (broad SMARTS) is 2. The number of rotatable bonds is 8. The Labute approximate surface area is 280 Å². The lowest BCUT2D eigenvalue weighted by Gasteiger charge is -2.46. The molecule has 1 fully saturated rings. The van der Waals surface area contributed by atoms with Crippen molar-refractivity contribution in [3.63, 3.8) is 0 Å². The molecule has 1 aromatic heterocycles. The number of ether oxygens (including phenoxy) is 1. The molecule has 6 rings (SSSR count). The Hall–Kier alpha value is -3.91. The number of fused-ring (bicyclic) bond motifs is 1. The van der Waals surface area contributed by atoms with E-state index in [9.17, 15) is 24.2 Å². The van der Waals surface area contributed by atoms with Crippen LogP contribution in [0.1, 0.15) is 92.8 Å². The van der Waals surface area contributed by atoms with Crippen LogP contribution in [0.25, 0.3) is 11.1 Å². The van der Waals surface area contributed by atoms with Gasteiger partial charge >= 0.3 is 11.9 Å². The van der Waals surface area contributed by atoms with Crippen molar-refractivity contribution < 1.29 is 28.9 Å². The van der Waals surface area contributed by atoms with Gasteiger partial charge in [-0.2, -0.15) is 11.3 Å². The zero-order valence-electron chi connectivity index (χ0n) is 27.3. The van der Waals surface area contributed by atoms with Gasteiger partial charge in [0.25, 0.3) is 0 Å². The van der Waals surface area contributed by atoms with Crippen molar-refractivity contribution in [2.45, 2.75) is 77.4 Å². The lowest BCUT2D eigenvalue weighted by atomic mass is 9.70. The highest BCUT2D eigenvalue weighted by molar-refractivity contribution is 7.08. The lowest BCUT2D eigenvalue weighted by molar-refractivity contribution is -0.139. The third-order valence-electron chi connectivity index (χ3n) is 10.7. The fourth-order valence-electron chi connectivity index (χ4n) is 8.02. The number of allylic oxidation sites excluding steroid dienone is 2. The van der Waals surface area contributed by atoms with Gasteiger partial charge in [0.15, 0.2) is 0 Å². The molecule has 6 atom stereocenters. The van der Waals surface area contributed by atoms with Crippen LogP contribution in [0.5, 0.6) is 5.75 Å². The summed E-state index contributed by atoms with van der Waals surface area (Å²) >= 11 is 1.58. The van der Waals surface area contributed by atoms with Gasteiger partial charge in [0.2, 0.25) is 0 Å². The Morgan fingerprint density at radius 1 is 1.02 bits per heavy atom. The zero-order chi connectivity index (χ0) is 33.2. The second-order valence-electron chi connectivity index (χ2n) is 13.7. The maximum absolute atomic E-state index is 14.6. The topological polar surface area (TPSA) is 87.1 Å². The van der Waals surface area contributed by atoms with E-state index in [1.807, 2.05) is 35.9 Å². The molecular formula is C39H44FNO5S. The number of anilines is 1. The van der Waals surface area contributed by atoms with Gasteiger partial charge < -0.3 is 19.8 Å². The summed E-state index contributed by atoms with van der Waals surface area (Å²) in [5, 5.41) is 24.6. The summed E-state index contributed by atoms with van der Waals surface area (Å²) in [7, 11) is 0. The first-order chi connectivity index (χ1) is 22.6. The minimum Gasteiger partial charge on any atom is -0.485 e. The predicted molar refractivity (Wildman–Crippen MR) is 185 cm³/mol. The third kappa shape index (κ3) is 6.89. The molecule has 6 nitrogen and oxygen atoms in total. The maximum atomic E-state index is 14.6. The third-order valence-corrected chi connectivity index (χ3v) is 11.4. The SMILES string of the molecule is CC(Oc1cc2c(cc1-c1ccc(F)c(C(=O)O)c1)C(C(=O)O)CC(C)C(C1CCCCC1)CN2C1C=CC=CC1C)c1ccsc1. The van der Waals surface area contributed by atoms with Crippen molar-refractivity contribution in [2.75, 3.05) is 11.4 Å². The summed E-state index contributed by atoms with van der Waals surface area (Å²) in [6, 6.07) is 9.88. The van der Waals surface area contributed by atoms with E-state index in [0.717, 1.165) is 23.9 Å². The number of hydrogen-bond donors (Lipinski definition) is 2. The summed E-state index contributed by atoms with van der Waals surface area (Å²) in [5.74, 6) is -2.11. The molecule has 3 aromatic rings. The number of carboxylic acids is 2. The molecule has 47 heavy (non-hydrogen) atoms. The van der Waals surface area contributed by atoms with Gasteiger partial charge in [-0.25, -0.2) is 9.18 Å². The minimum absolute atomic E-state index is 0.0158. The number of thiophene rings is 1. The fraction of sp³-hybridized carbons (Fsp3) is 0.436. The molecule has 6 unspecified atom stereocenters. The number of benzene rings is 2. The van der Waals surface area contributed by atoms with E-state index in [2.05, 4.69) is 43.1 Å². The predicted octanol–water partition coefficient (Wildman–Crippen LogP) is 9.73. The number of aromatic carboxylic acids is 1. The summed E-state index contributed by atoms with van der Waals surface area (Å²) in [6.45, 7) is 7.19. The first kappa shape index (κ1) is 33.0. The van der Waals surface area contributed by atoms with Crippen LogP contribution in [0.2, 0.25) is 0 Å². The second kappa shape index (κ2) is 14.1. The Morgan fingerprint density at radius 2 is 1.79 bits per heavy atom. The van der Waals surface area contributed by atoms with Crippen molar-refractivity contribution >= 4 is 29.0 Å². The fourth-order valence-corrected chi connectivity index (χ4v) is 8.77. The summed E-state index contributed by atoms with van der Waals surface area (Å²) in [5.41, 5.74) is 3.06. The maximum Gasteiger partial charge on any atom is 0.338 e. The van der Waals surface area contributed by atoms with Crippen LogP contribution >= 0.6 is 11.3 Å². The molecule has 248 valence electrons. The first-order valence-electron chi connectivity index (χ1n) is 16.9. The van der Waals surface area contributed by atoms with Gasteiger partial charge in [0.05, 0.1) is 17.5 Å². The number of aliphatic carboxylic acids is 1. The number of hydrogen-bond acceptors (Lipinski definition) is 5. The van der Waals surface area contributed by atoms with E-state index in [-0.39, 0.29) is 24.0 Å². The van der Waals surface area contributed by atoms with Crippen LogP contribution in [-0.4, -0.2) is 34.7 Å². The van der Waals surface area contributed by atoms with Gasteiger partial charge in [-0.1, -0.05) is 76.3 Å². The van der Waals surface area contributed by atoms with E-state index in [4.69, 9.17) is 4.74 Å². The Kier molecular flexibility index (Phi) is 9.88. The Morgan fingerprint density at radius 3 is 2.47 bits per heavy atom. The van der Waals surface area contributed by atoms with Crippen LogP contribution in [0.15, 0.2) is 71.5 Å². The largest absolute Gasteiger partial charge is 0.485 e. The second-order valence-corrected chi connectivity index (χ2v) is 14.4. The van der Waals surface area contributed by atoms with Crippen molar-refractivity contribution in [1.82, 2.24) is 0 Å². The first-order valence-corrected chi connectivity index (χ1v) is 17.8. The van der Waals surface area contributed by atoms with Gasteiger partial charge in [0, 0.05) is 29.4 Å². The van der Waals surface area contributed by atoms with E-state index < -0.39 is 29.2 Å². The number of carbonyl (C=O) groups is 2. The molecule has 2 aliphatic carbocycles. The highest BCUT2D eigenvalue weighted by atomic mass is 32.1. The zero-order valence-corrected chi connectivity index (χ0v) is 28.1. The van der Waals surface area contributed by atoms with Crippen molar-refractivity contribution in [1.29, 1.82) is 0 Å². The van der Waals surface area contributed by atoms with E-state index in [1.165, 1.54) is 38.2 Å². The lowest BCUT2D eigenvalue weighted by Crippen LogP contribution is -2.47. The molecule has 3 aliphatic rings. The van der Waals surface area contributed by atoms with Crippen LogP contribution < -0.4 is 9.64 Å². The Balaban J connectivity index is 1.58. The summed E-state index contributed by atoms with van der Waals surface area (Å²) in [6.07, 6.45) is 14.8. The molecular weight excluding hydrogens is 613 g/mol. The van der Waals surface area contributed by atoms with Crippen LogP contribution in [0.3, 0.4) is 0 Å². The molecule has 1 saturated carbocycles. The normalized spacial score (nSPS) is 25.4. The van der Waals surface area contributed by atoms with Gasteiger partial charge in [-0.3, -0.25) is 4.79 Å². The molecule has 0 spiro atoms. The molecule has 8 heteroatoms. The van der Waals surface area contributed by atoms with Crippen LogP contribution in [-0.2, 0) is 4.79 Å². The van der Waals surface area contributed by atoms with E-state index in [1.54, 1.807) is 17.4 Å². The van der Waals surface area contributed by atoms with Crippen molar-refractivity contribution in [3.8, 4) is 16.9 Å². The minimum atomic E-state index is -1.37. The molecule has 2 N–H and O–H groups in total. The van der Waals surface area contributed by atoms with E-state index >= 15 is 0 Å². The van der Waals surface area contributed by atoms with Crippen molar-refractivity contribution in [3.05, 3.63) is 94.0 Å². The highest BCUT2D eigenvalue weighted by Gasteiger charge is 2.40. The Bertz CT molecular complexity index is 1660. The molecule has 0 radical (unpaired) electrons.